The normalized spacial score (nSPS) is 18.9. The fourth-order valence-corrected chi connectivity index (χ4v) is 2.80. The average molecular weight is 275 g/mol. The number of piperidine rings is 1. The Morgan fingerprint density at radius 3 is 2.95 bits per heavy atom. The SMILES string of the molecule is CCCC(=O)Nc1cc(N)ccc1N1CCCCC1C. The monoisotopic (exact) mass is 275 g/mol. The van der Waals surface area contributed by atoms with Gasteiger partial charge in [0.2, 0.25) is 5.91 Å². The van der Waals surface area contributed by atoms with Gasteiger partial charge >= 0.3 is 0 Å². The molecule has 20 heavy (non-hydrogen) atoms. The molecule has 1 aliphatic rings. The largest absolute Gasteiger partial charge is 0.399 e. The third kappa shape index (κ3) is 3.44. The maximum atomic E-state index is 11.9. The highest BCUT2D eigenvalue weighted by molar-refractivity contribution is 5.95. The van der Waals surface area contributed by atoms with Crippen LogP contribution in [-0.4, -0.2) is 18.5 Å². The molecule has 1 aromatic rings. The second-order valence-corrected chi connectivity index (χ2v) is 5.61. The lowest BCUT2D eigenvalue weighted by Gasteiger charge is -2.36. The molecule has 0 radical (unpaired) electrons. The number of nitrogens with one attached hydrogen (secondary N) is 1. The van der Waals surface area contributed by atoms with Crippen LogP contribution in [0.4, 0.5) is 17.1 Å². The van der Waals surface area contributed by atoms with Crippen LogP contribution in [0.3, 0.4) is 0 Å². The predicted octanol–water partition coefficient (Wildman–Crippen LogP) is 3.39. The number of nitrogens with zero attached hydrogens (tertiary/aromatic N) is 1. The van der Waals surface area contributed by atoms with Crippen molar-refractivity contribution in [2.45, 2.75) is 52.0 Å². The van der Waals surface area contributed by atoms with Crippen molar-refractivity contribution in [2.75, 3.05) is 22.5 Å². The highest BCUT2D eigenvalue weighted by Crippen LogP contribution is 2.33. The summed E-state index contributed by atoms with van der Waals surface area (Å²) < 4.78 is 0. The number of anilines is 3. The standard InChI is InChI=1S/C16H25N3O/c1-3-6-16(20)18-14-11-13(17)8-9-15(14)19-10-5-4-7-12(19)2/h8-9,11-12H,3-7,10,17H2,1-2H3,(H,18,20). The van der Waals surface area contributed by atoms with Crippen molar-refractivity contribution in [3.05, 3.63) is 18.2 Å². The summed E-state index contributed by atoms with van der Waals surface area (Å²) in [6.45, 7) is 5.29. The third-order valence-electron chi connectivity index (χ3n) is 3.88. The van der Waals surface area contributed by atoms with Gasteiger partial charge in [-0.2, -0.15) is 0 Å². The number of benzene rings is 1. The van der Waals surface area contributed by atoms with E-state index in [2.05, 4.69) is 17.1 Å². The lowest BCUT2D eigenvalue weighted by molar-refractivity contribution is -0.116. The van der Waals surface area contributed by atoms with E-state index in [0.717, 1.165) is 24.3 Å². The van der Waals surface area contributed by atoms with E-state index in [1.807, 2.05) is 25.1 Å². The van der Waals surface area contributed by atoms with Gasteiger partial charge in [-0.05, 0) is 50.8 Å². The summed E-state index contributed by atoms with van der Waals surface area (Å²) in [5, 5.41) is 3.01. The van der Waals surface area contributed by atoms with Crippen LogP contribution in [0.5, 0.6) is 0 Å². The number of hydrogen-bond acceptors (Lipinski definition) is 3. The van der Waals surface area contributed by atoms with Crippen molar-refractivity contribution in [2.24, 2.45) is 0 Å². The Labute approximate surface area is 121 Å². The molecule has 4 heteroatoms. The summed E-state index contributed by atoms with van der Waals surface area (Å²) in [4.78, 5) is 14.2. The van der Waals surface area contributed by atoms with Gasteiger partial charge in [0.25, 0.3) is 0 Å². The van der Waals surface area contributed by atoms with Gasteiger partial charge < -0.3 is 16.0 Å². The molecule has 1 aromatic carbocycles. The molecule has 1 fully saturated rings. The fraction of sp³-hybridized carbons (Fsp3) is 0.562. The molecule has 0 aliphatic carbocycles. The summed E-state index contributed by atoms with van der Waals surface area (Å²) in [7, 11) is 0. The van der Waals surface area contributed by atoms with Crippen molar-refractivity contribution in [1.82, 2.24) is 0 Å². The van der Waals surface area contributed by atoms with Crippen molar-refractivity contribution < 1.29 is 4.79 Å². The zero-order valence-corrected chi connectivity index (χ0v) is 12.5. The van der Waals surface area contributed by atoms with Crippen molar-refractivity contribution in [3.63, 3.8) is 0 Å². The molecular weight excluding hydrogens is 250 g/mol. The summed E-state index contributed by atoms with van der Waals surface area (Å²) in [6.07, 6.45) is 5.08. The molecule has 1 amide bonds. The van der Waals surface area contributed by atoms with E-state index in [4.69, 9.17) is 5.73 Å². The van der Waals surface area contributed by atoms with E-state index in [1.165, 1.54) is 19.3 Å². The maximum absolute atomic E-state index is 11.9. The van der Waals surface area contributed by atoms with Gasteiger partial charge in [0.1, 0.15) is 0 Å². The fourth-order valence-electron chi connectivity index (χ4n) is 2.80. The van der Waals surface area contributed by atoms with Gasteiger partial charge in [-0.15, -0.1) is 0 Å². The highest BCUT2D eigenvalue weighted by atomic mass is 16.1. The van der Waals surface area contributed by atoms with Gasteiger partial charge in [-0.1, -0.05) is 6.92 Å². The number of nitrogen functional groups attached to an aromatic ring is 1. The third-order valence-corrected chi connectivity index (χ3v) is 3.88. The Morgan fingerprint density at radius 1 is 1.45 bits per heavy atom. The van der Waals surface area contributed by atoms with Gasteiger partial charge in [0.15, 0.2) is 0 Å². The van der Waals surface area contributed by atoms with Gasteiger partial charge in [0.05, 0.1) is 11.4 Å². The molecule has 1 atom stereocenters. The first-order chi connectivity index (χ1) is 9.61. The minimum Gasteiger partial charge on any atom is -0.399 e. The molecule has 1 saturated heterocycles. The minimum absolute atomic E-state index is 0.0593. The number of rotatable bonds is 4. The Hall–Kier alpha value is -1.71. The van der Waals surface area contributed by atoms with Crippen molar-refractivity contribution in [3.8, 4) is 0 Å². The number of carbonyl (C=O) groups excluding carboxylic acids is 1. The smallest absolute Gasteiger partial charge is 0.224 e. The predicted molar refractivity (Wildman–Crippen MR) is 85.1 cm³/mol. The highest BCUT2D eigenvalue weighted by Gasteiger charge is 2.21. The van der Waals surface area contributed by atoms with Gasteiger partial charge in [-0.25, -0.2) is 0 Å². The summed E-state index contributed by atoms with van der Waals surface area (Å²) >= 11 is 0. The van der Waals surface area contributed by atoms with Crippen LogP contribution >= 0.6 is 0 Å². The maximum Gasteiger partial charge on any atom is 0.224 e. The first-order valence-electron chi connectivity index (χ1n) is 7.58. The topological polar surface area (TPSA) is 58.4 Å². The number of hydrogen-bond donors (Lipinski definition) is 2. The quantitative estimate of drug-likeness (QED) is 0.828. The first kappa shape index (κ1) is 14.7. The van der Waals surface area contributed by atoms with E-state index in [-0.39, 0.29) is 5.91 Å². The lowest BCUT2D eigenvalue weighted by Crippen LogP contribution is -2.38. The molecule has 1 unspecified atom stereocenters. The van der Waals surface area contributed by atoms with Crippen LogP contribution in [0.1, 0.15) is 46.0 Å². The summed E-state index contributed by atoms with van der Waals surface area (Å²) in [5.41, 5.74) is 8.49. The van der Waals surface area contributed by atoms with E-state index < -0.39 is 0 Å². The zero-order valence-electron chi connectivity index (χ0n) is 12.5. The number of amides is 1. The number of carbonyl (C=O) groups is 1. The second-order valence-electron chi connectivity index (χ2n) is 5.61. The van der Waals surface area contributed by atoms with Crippen LogP contribution in [-0.2, 0) is 4.79 Å². The van der Waals surface area contributed by atoms with Crippen LogP contribution in [0.15, 0.2) is 18.2 Å². The van der Waals surface area contributed by atoms with Crippen LogP contribution in [0, 0.1) is 0 Å². The van der Waals surface area contributed by atoms with Crippen LogP contribution < -0.4 is 16.0 Å². The van der Waals surface area contributed by atoms with E-state index in [1.54, 1.807) is 0 Å². The molecule has 0 spiro atoms. The van der Waals surface area contributed by atoms with E-state index in [9.17, 15) is 4.79 Å². The molecule has 3 N–H and O–H groups in total. The average Bonchev–Trinajstić information content (AvgIpc) is 2.40. The Morgan fingerprint density at radius 2 is 2.25 bits per heavy atom. The summed E-state index contributed by atoms with van der Waals surface area (Å²) in [6, 6.07) is 6.31. The van der Waals surface area contributed by atoms with Crippen molar-refractivity contribution >= 4 is 23.0 Å². The minimum atomic E-state index is 0.0593. The molecule has 0 bridgehead atoms. The zero-order chi connectivity index (χ0) is 14.5. The lowest BCUT2D eigenvalue weighted by atomic mass is 10.0. The molecule has 1 aliphatic heterocycles. The van der Waals surface area contributed by atoms with Crippen LogP contribution in [0.2, 0.25) is 0 Å². The molecular formula is C16H25N3O. The first-order valence-corrected chi connectivity index (χ1v) is 7.58. The Bertz CT molecular complexity index is 473. The Kier molecular flexibility index (Phi) is 4.88. The Balaban J connectivity index is 2.25. The molecule has 110 valence electrons. The molecule has 2 rings (SSSR count). The summed E-state index contributed by atoms with van der Waals surface area (Å²) in [5.74, 6) is 0.0593. The molecule has 1 heterocycles. The number of nitrogens with two attached hydrogens (primary N) is 1. The van der Waals surface area contributed by atoms with Gasteiger partial charge in [-0.3, -0.25) is 4.79 Å². The second kappa shape index (κ2) is 6.64. The molecule has 4 nitrogen and oxygen atoms in total. The molecule has 0 saturated carbocycles. The van der Waals surface area contributed by atoms with Crippen molar-refractivity contribution in [1.29, 1.82) is 0 Å². The van der Waals surface area contributed by atoms with Gasteiger partial charge in [0, 0.05) is 24.7 Å². The van der Waals surface area contributed by atoms with E-state index >= 15 is 0 Å². The van der Waals surface area contributed by atoms with E-state index in [0.29, 0.717) is 18.2 Å². The molecule has 0 aromatic heterocycles. The van der Waals surface area contributed by atoms with Crippen LogP contribution in [0.25, 0.3) is 0 Å².